The van der Waals surface area contributed by atoms with Crippen molar-refractivity contribution in [3.63, 3.8) is 0 Å². The van der Waals surface area contributed by atoms with Crippen molar-refractivity contribution in [3.05, 3.63) is 125 Å². The van der Waals surface area contributed by atoms with Crippen molar-refractivity contribution < 1.29 is 31.1 Å². The quantitative estimate of drug-likeness (QED) is 0.154. The Morgan fingerprint density at radius 2 is 1.19 bits per heavy atom. The van der Waals surface area contributed by atoms with Gasteiger partial charge in [0, 0.05) is 11.6 Å². The van der Waals surface area contributed by atoms with Crippen LogP contribution in [0, 0.1) is 0 Å². The fourth-order valence-corrected chi connectivity index (χ4v) is 6.39. The van der Waals surface area contributed by atoms with Crippen LogP contribution < -0.4 is 15.9 Å². The maximum absolute atomic E-state index is 13.3. The molecule has 0 saturated heterocycles. The fourth-order valence-electron chi connectivity index (χ4n) is 3.94. The molecule has 0 aliphatic rings. The largest absolute Gasteiger partial charge is 0.416 e. The number of halogens is 6. The first-order valence-electron chi connectivity index (χ1n) is 11.2. The third-order valence-corrected chi connectivity index (χ3v) is 8.32. The van der Waals surface area contributed by atoms with E-state index in [4.69, 9.17) is 0 Å². The Bertz CT molecular complexity index is 1250. The van der Waals surface area contributed by atoms with Gasteiger partial charge in [0.25, 0.3) is 5.91 Å². The molecule has 0 radical (unpaired) electrons. The molecule has 0 bridgehead atoms. The van der Waals surface area contributed by atoms with Crippen molar-refractivity contribution in [3.8, 4) is 0 Å². The molecular weight excluding hydrogens is 511 g/mol. The summed E-state index contributed by atoms with van der Waals surface area (Å²) in [5, 5.41) is 4.75. The second kappa shape index (κ2) is 10.9. The molecule has 0 fully saturated rings. The predicted molar refractivity (Wildman–Crippen MR) is 133 cm³/mol. The number of carbonyl (C=O) groups excluding carboxylic acids is 1. The molecule has 0 spiro atoms. The predicted octanol–water partition coefficient (Wildman–Crippen LogP) is 7.05. The Balaban J connectivity index is 1.70. The van der Waals surface area contributed by atoms with Crippen molar-refractivity contribution in [2.75, 3.05) is 6.16 Å². The van der Waals surface area contributed by atoms with Crippen molar-refractivity contribution in [2.24, 2.45) is 0 Å². The summed E-state index contributed by atoms with van der Waals surface area (Å²) in [4.78, 5) is 13.1. The second-order valence-corrected chi connectivity index (χ2v) is 10.6. The van der Waals surface area contributed by atoms with E-state index < -0.39 is 48.9 Å². The molecule has 1 amide bonds. The number of hydrogen-bond donors (Lipinski definition) is 1. The van der Waals surface area contributed by atoms with Crippen LogP contribution in [0.25, 0.3) is 0 Å². The molecule has 0 aromatic heterocycles. The van der Waals surface area contributed by atoms with Gasteiger partial charge in [-0.05, 0) is 42.9 Å². The van der Waals surface area contributed by atoms with E-state index in [-0.39, 0.29) is 6.07 Å². The lowest BCUT2D eigenvalue weighted by Gasteiger charge is -2.28. The lowest BCUT2D eigenvalue weighted by atomic mass is 10.0. The van der Waals surface area contributed by atoms with Crippen molar-refractivity contribution in [1.82, 2.24) is 5.32 Å². The first-order chi connectivity index (χ1) is 17.5. The van der Waals surface area contributed by atoms with E-state index in [2.05, 4.69) is 5.32 Å². The third-order valence-electron chi connectivity index (χ3n) is 5.75. The number of nitrogens with one attached hydrogen (secondary N) is 1. The van der Waals surface area contributed by atoms with E-state index in [0.717, 1.165) is 10.6 Å². The monoisotopic (exact) mass is 532 g/mol. The molecule has 4 aromatic carbocycles. The smallest absolute Gasteiger partial charge is 0.356 e. The zero-order valence-electron chi connectivity index (χ0n) is 19.2. The zero-order chi connectivity index (χ0) is 26.6. The third kappa shape index (κ3) is 6.63. The Morgan fingerprint density at radius 1 is 0.730 bits per heavy atom. The fraction of sp³-hybridized carbons (Fsp3) is 0.143. The summed E-state index contributed by atoms with van der Waals surface area (Å²) < 4.78 is 80.0. The Morgan fingerprint density at radius 3 is 1.62 bits per heavy atom. The lowest BCUT2D eigenvalue weighted by Crippen LogP contribution is -2.32. The van der Waals surface area contributed by atoms with Crippen LogP contribution in [0.5, 0.6) is 0 Å². The zero-order valence-corrected chi connectivity index (χ0v) is 20.1. The number of benzene rings is 3. The topological polar surface area (TPSA) is 29.1 Å². The van der Waals surface area contributed by atoms with Crippen LogP contribution in [0.4, 0.5) is 26.3 Å². The summed E-state index contributed by atoms with van der Waals surface area (Å²) in [6.07, 6.45) is -9.70. The van der Waals surface area contributed by atoms with Gasteiger partial charge in [-0.25, -0.2) is 12.1 Å². The maximum Gasteiger partial charge on any atom is 0.416 e. The standard InChI is InChI=1S/C28H21F6NOP/c29-27(30,31)21-15-20(16-22(17-21)28(32,33)34)26(36)35-25(19-9-7-8-10-19)18-37(23-11-3-1-4-12-23)24-13-5-2-6-14-24/h1-17,25H,18H2,(H,35,36)/q-1/t25-/m0/s1. The molecule has 37 heavy (non-hydrogen) atoms. The van der Waals surface area contributed by atoms with Gasteiger partial charge in [0.15, 0.2) is 0 Å². The van der Waals surface area contributed by atoms with Gasteiger partial charge in [0.05, 0.1) is 11.1 Å². The highest BCUT2D eigenvalue weighted by Gasteiger charge is 2.37. The minimum Gasteiger partial charge on any atom is -0.356 e. The van der Waals surface area contributed by atoms with Crippen LogP contribution in [0.15, 0.2) is 103 Å². The first kappa shape index (κ1) is 26.6. The highest BCUT2D eigenvalue weighted by molar-refractivity contribution is 7.73. The van der Waals surface area contributed by atoms with Crippen molar-refractivity contribution in [2.45, 2.75) is 18.4 Å². The van der Waals surface area contributed by atoms with Gasteiger partial charge in [0.2, 0.25) is 0 Å². The van der Waals surface area contributed by atoms with Gasteiger partial charge in [-0.15, -0.1) is 5.56 Å². The Kier molecular flexibility index (Phi) is 7.79. The molecule has 1 atom stereocenters. The van der Waals surface area contributed by atoms with Gasteiger partial charge in [-0.3, -0.25) is 4.79 Å². The molecule has 0 unspecified atom stereocenters. The first-order valence-corrected chi connectivity index (χ1v) is 12.7. The van der Waals surface area contributed by atoms with E-state index in [1.54, 1.807) is 24.3 Å². The Labute approximate surface area is 211 Å². The molecule has 9 heteroatoms. The summed E-state index contributed by atoms with van der Waals surface area (Å²) in [5.74, 6) is -1.01. The van der Waals surface area contributed by atoms with E-state index in [0.29, 0.717) is 23.9 Å². The molecule has 4 rings (SSSR count). The number of hydrogen-bond acceptors (Lipinski definition) is 1. The van der Waals surface area contributed by atoms with Crippen LogP contribution in [0.2, 0.25) is 0 Å². The summed E-state index contributed by atoms with van der Waals surface area (Å²) in [6.45, 7) is 0. The SMILES string of the molecule is O=C(N[C@@H](CP(c1ccccc1)c1ccccc1)[c-]1cccc1)c1cc(C(F)(F)F)cc(C(F)(F)F)c1. The van der Waals surface area contributed by atoms with Gasteiger partial charge < -0.3 is 5.32 Å². The number of rotatable bonds is 7. The number of amides is 1. The summed E-state index contributed by atoms with van der Waals surface area (Å²) in [5.41, 5.74) is -3.07. The van der Waals surface area contributed by atoms with E-state index >= 15 is 0 Å². The van der Waals surface area contributed by atoms with Gasteiger partial charge in [-0.2, -0.15) is 38.5 Å². The molecule has 192 valence electrons. The van der Waals surface area contributed by atoms with Gasteiger partial charge in [0.1, 0.15) is 0 Å². The minimum absolute atomic E-state index is 0.00945. The summed E-state index contributed by atoms with van der Waals surface area (Å²) >= 11 is 0. The molecule has 2 nitrogen and oxygen atoms in total. The molecule has 1 N–H and O–H groups in total. The van der Waals surface area contributed by atoms with Crippen LogP contribution in [-0.2, 0) is 12.4 Å². The average Bonchev–Trinajstić information content (AvgIpc) is 3.41. The second-order valence-electron chi connectivity index (χ2n) is 8.32. The highest BCUT2D eigenvalue weighted by atomic mass is 31.1. The highest BCUT2D eigenvalue weighted by Crippen LogP contribution is 2.39. The van der Waals surface area contributed by atoms with Gasteiger partial charge >= 0.3 is 12.4 Å². The molecule has 0 heterocycles. The normalized spacial score (nSPS) is 12.9. The number of alkyl halides is 6. The molecule has 0 aliphatic heterocycles. The maximum atomic E-state index is 13.3. The molecule has 0 aliphatic carbocycles. The van der Waals surface area contributed by atoms with E-state index in [1.807, 2.05) is 60.7 Å². The van der Waals surface area contributed by atoms with Crippen LogP contribution >= 0.6 is 7.92 Å². The molecule has 4 aromatic rings. The average molecular weight is 532 g/mol. The lowest BCUT2D eigenvalue weighted by molar-refractivity contribution is -0.143. The van der Waals surface area contributed by atoms with Crippen molar-refractivity contribution >= 4 is 24.4 Å². The number of carbonyl (C=O) groups is 1. The van der Waals surface area contributed by atoms with Crippen LogP contribution in [0.3, 0.4) is 0 Å². The minimum atomic E-state index is -5.05. The van der Waals surface area contributed by atoms with Gasteiger partial charge in [-0.1, -0.05) is 60.7 Å². The molecule has 0 saturated carbocycles. The van der Waals surface area contributed by atoms with E-state index in [1.165, 1.54) is 0 Å². The summed E-state index contributed by atoms with van der Waals surface area (Å²) in [6, 6.07) is 26.5. The van der Waals surface area contributed by atoms with E-state index in [9.17, 15) is 31.1 Å². The van der Waals surface area contributed by atoms with Crippen LogP contribution in [0.1, 0.15) is 33.1 Å². The molecular formula is C28H21F6NOP-. The van der Waals surface area contributed by atoms with Crippen molar-refractivity contribution in [1.29, 1.82) is 0 Å². The summed E-state index contributed by atoms with van der Waals surface area (Å²) in [7, 11) is -1.02. The Hall–Kier alpha value is -3.51. The van der Waals surface area contributed by atoms with Crippen LogP contribution in [-0.4, -0.2) is 12.1 Å².